The van der Waals surface area contributed by atoms with Crippen LogP contribution in [0.3, 0.4) is 0 Å². The van der Waals surface area contributed by atoms with Crippen molar-refractivity contribution in [3.05, 3.63) is 34.1 Å². The number of carbonyl (C=O) groups is 2. The maximum atomic E-state index is 11.4. The summed E-state index contributed by atoms with van der Waals surface area (Å²) in [4.78, 5) is 22.7. The minimum atomic E-state index is -0.136. The smallest absolute Gasteiger partial charge is 0.160 e. The maximum Gasteiger partial charge on any atom is 0.160 e. The molecule has 0 spiro atoms. The summed E-state index contributed by atoms with van der Waals surface area (Å²) in [6, 6.07) is 0. The van der Waals surface area contributed by atoms with E-state index in [2.05, 4.69) is 0 Å². The summed E-state index contributed by atoms with van der Waals surface area (Å²) in [6.45, 7) is 6.10. The lowest BCUT2D eigenvalue weighted by Gasteiger charge is -2.03. The van der Waals surface area contributed by atoms with E-state index < -0.39 is 0 Å². The van der Waals surface area contributed by atoms with Gasteiger partial charge in [-0.15, -0.1) is 0 Å². The van der Waals surface area contributed by atoms with Gasteiger partial charge in [0.1, 0.15) is 0 Å². The lowest BCUT2D eigenvalue weighted by molar-refractivity contribution is -0.113. The molecule has 0 heterocycles. The largest absolute Gasteiger partial charge is 0.512 e. The van der Waals surface area contributed by atoms with E-state index in [0.717, 1.165) is 0 Å². The number of ketones is 2. The molecule has 1 aliphatic carbocycles. The average molecular weight is 206 g/mol. The van der Waals surface area contributed by atoms with Crippen molar-refractivity contribution in [2.24, 2.45) is 0 Å². The molecule has 0 aromatic heterocycles. The molecule has 0 aromatic rings. The molecular formula is C12H14O3. The second-order valence-electron chi connectivity index (χ2n) is 3.67. The van der Waals surface area contributed by atoms with Crippen molar-refractivity contribution >= 4 is 11.6 Å². The Bertz CT molecular complexity index is 430. The Morgan fingerprint density at radius 1 is 1.13 bits per heavy atom. The molecule has 0 saturated carbocycles. The molecule has 3 heteroatoms. The molecule has 0 amide bonds. The number of rotatable bonds is 2. The van der Waals surface area contributed by atoms with Gasteiger partial charge in [-0.1, -0.05) is 0 Å². The highest BCUT2D eigenvalue weighted by molar-refractivity contribution is 6.08. The number of Topliss-reactive ketones (excluding diaryl/α,β-unsaturated/α-hetero) is 2. The standard InChI is InChI=1S/C12H14O3/c1-6-10(7(2)13)5-11(8(3)14)12(6)9(4)15/h5,14H,1-4H3. The Kier molecular flexibility index (Phi) is 2.93. The van der Waals surface area contributed by atoms with Crippen LogP contribution in [0.4, 0.5) is 0 Å². The van der Waals surface area contributed by atoms with Crippen LogP contribution in [0.2, 0.25) is 0 Å². The molecular weight excluding hydrogens is 192 g/mol. The summed E-state index contributed by atoms with van der Waals surface area (Å²) in [6.07, 6.45) is 1.57. The Morgan fingerprint density at radius 3 is 1.93 bits per heavy atom. The predicted molar refractivity (Wildman–Crippen MR) is 57.5 cm³/mol. The first kappa shape index (κ1) is 11.4. The summed E-state index contributed by atoms with van der Waals surface area (Å²) in [7, 11) is 0. The van der Waals surface area contributed by atoms with Crippen molar-refractivity contribution in [1.82, 2.24) is 0 Å². The van der Waals surface area contributed by atoms with E-state index in [-0.39, 0.29) is 17.3 Å². The molecule has 0 saturated heterocycles. The molecule has 1 N–H and O–H groups in total. The Balaban J connectivity index is 3.44. The number of carbonyl (C=O) groups excluding carboxylic acids is 2. The van der Waals surface area contributed by atoms with Crippen LogP contribution in [-0.2, 0) is 9.59 Å². The van der Waals surface area contributed by atoms with Crippen LogP contribution >= 0.6 is 0 Å². The number of hydrogen-bond donors (Lipinski definition) is 1. The molecule has 1 rings (SSSR count). The average Bonchev–Trinajstić information content (AvgIpc) is 2.42. The molecule has 80 valence electrons. The highest BCUT2D eigenvalue weighted by atomic mass is 16.3. The Hall–Kier alpha value is -1.64. The summed E-state index contributed by atoms with van der Waals surface area (Å²) in [5.74, 6) is -0.165. The summed E-state index contributed by atoms with van der Waals surface area (Å²) < 4.78 is 0. The van der Waals surface area contributed by atoms with E-state index >= 15 is 0 Å². The van der Waals surface area contributed by atoms with Crippen LogP contribution in [0.5, 0.6) is 0 Å². The summed E-state index contributed by atoms with van der Waals surface area (Å²) >= 11 is 0. The van der Waals surface area contributed by atoms with E-state index in [4.69, 9.17) is 0 Å². The lowest BCUT2D eigenvalue weighted by Crippen LogP contribution is -2.01. The second kappa shape index (κ2) is 3.85. The zero-order chi connectivity index (χ0) is 11.7. The van der Waals surface area contributed by atoms with Crippen molar-refractivity contribution in [1.29, 1.82) is 0 Å². The Morgan fingerprint density at radius 2 is 1.67 bits per heavy atom. The van der Waals surface area contributed by atoms with Gasteiger partial charge in [-0.3, -0.25) is 9.59 Å². The van der Waals surface area contributed by atoms with Crippen molar-refractivity contribution in [2.45, 2.75) is 27.7 Å². The number of aliphatic hydroxyl groups is 1. The molecule has 0 atom stereocenters. The van der Waals surface area contributed by atoms with Gasteiger partial charge in [0.05, 0.1) is 5.76 Å². The topological polar surface area (TPSA) is 54.4 Å². The van der Waals surface area contributed by atoms with Gasteiger partial charge >= 0.3 is 0 Å². The minimum absolute atomic E-state index is 0.0656. The molecule has 3 nitrogen and oxygen atoms in total. The lowest BCUT2D eigenvalue weighted by atomic mass is 10.0. The van der Waals surface area contributed by atoms with Gasteiger partial charge in [0.2, 0.25) is 0 Å². The quantitative estimate of drug-likeness (QED) is 0.705. The Labute approximate surface area is 88.8 Å². The van der Waals surface area contributed by atoms with Gasteiger partial charge in [0, 0.05) is 16.7 Å². The number of allylic oxidation sites excluding steroid dienone is 6. The summed E-state index contributed by atoms with van der Waals surface area (Å²) in [5.41, 5.74) is 2.06. The SMILES string of the molecule is CC(=O)C1=CC(=C(C)O)C(C(C)=O)=C1C. The predicted octanol–water partition coefficient (Wildman–Crippen LogP) is 2.25. The van der Waals surface area contributed by atoms with Crippen LogP contribution in [0.1, 0.15) is 27.7 Å². The van der Waals surface area contributed by atoms with Gasteiger partial charge in [-0.2, -0.15) is 0 Å². The van der Waals surface area contributed by atoms with Gasteiger partial charge in [-0.25, -0.2) is 0 Å². The first-order valence-corrected chi connectivity index (χ1v) is 4.71. The number of hydrogen-bond acceptors (Lipinski definition) is 3. The van der Waals surface area contributed by atoms with Crippen molar-refractivity contribution in [3.8, 4) is 0 Å². The normalized spacial score (nSPS) is 19.1. The van der Waals surface area contributed by atoms with Crippen molar-refractivity contribution in [2.75, 3.05) is 0 Å². The zero-order valence-corrected chi connectivity index (χ0v) is 9.34. The van der Waals surface area contributed by atoms with E-state index in [0.29, 0.717) is 22.3 Å². The first-order valence-electron chi connectivity index (χ1n) is 4.71. The van der Waals surface area contributed by atoms with Gasteiger partial charge in [0.25, 0.3) is 0 Å². The third-order valence-corrected chi connectivity index (χ3v) is 2.46. The zero-order valence-electron chi connectivity index (χ0n) is 9.34. The van der Waals surface area contributed by atoms with Gasteiger partial charge in [-0.05, 0) is 39.3 Å². The molecule has 15 heavy (non-hydrogen) atoms. The molecule has 0 aromatic carbocycles. The maximum absolute atomic E-state index is 11.4. The van der Waals surface area contributed by atoms with Crippen molar-refractivity contribution in [3.63, 3.8) is 0 Å². The summed E-state index contributed by atoms with van der Waals surface area (Å²) in [5, 5.41) is 9.43. The van der Waals surface area contributed by atoms with E-state index in [9.17, 15) is 14.7 Å². The van der Waals surface area contributed by atoms with Crippen LogP contribution in [0.15, 0.2) is 34.1 Å². The number of aliphatic hydroxyl groups excluding tert-OH is 1. The fourth-order valence-electron chi connectivity index (χ4n) is 1.77. The van der Waals surface area contributed by atoms with Crippen LogP contribution in [0, 0.1) is 0 Å². The van der Waals surface area contributed by atoms with Crippen LogP contribution in [-0.4, -0.2) is 16.7 Å². The molecule has 1 aliphatic rings. The van der Waals surface area contributed by atoms with E-state index in [1.807, 2.05) is 0 Å². The monoisotopic (exact) mass is 206 g/mol. The van der Waals surface area contributed by atoms with Crippen molar-refractivity contribution < 1.29 is 14.7 Å². The highest BCUT2D eigenvalue weighted by Gasteiger charge is 2.25. The first-order chi connectivity index (χ1) is 6.86. The molecule has 0 unspecified atom stereocenters. The molecule has 0 aliphatic heterocycles. The molecule has 0 bridgehead atoms. The van der Waals surface area contributed by atoms with Gasteiger partial charge < -0.3 is 5.11 Å². The highest BCUT2D eigenvalue weighted by Crippen LogP contribution is 2.32. The van der Waals surface area contributed by atoms with Crippen LogP contribution in [0.25, 0.3) is 0 Å². The van der Waals surface area contributed by atoms with Gasteiger partial charge in [0.15, 0.2) is 11.6 Å². The second-order valence-corrected chi connectivity index (χ2v) is 3.67. The third-order valence-electron chi connectivity index (χ3n) is 2.46. The molecule has 0 fully saturated rings. The fraction of sp³-hybridized carbons (Fsp3) is 0.333. The third kappa shape index (κ3) is 1.91. The van der Waals surface area contributed by atoms with E-state index in [1.54, 1.807) is 13.0 Å². The molecule has 0 radical (unpaired) electrons. The van der Waals surface area contributed by atoms with E-state index in [1.165, 1.54) is 20.8 Å². The fourth-order valence-corrected chi connectivity index (χ4v) is 1.77. The minimum Gasteiger partial charge on any atom is -0.512 e. The van der Waals surface area contributed by atoms with Crippen LogP contribution < -0.4 is 0 Å².